The van der Waals surface area contributed by atoms with Crippen molar-refractivity contribution in [2.24, 2.45) is 0 Å². The predicted octanol–water partition coefficient (Wildman–Crippen LogP) is 5.36. The molecule has 0 saturated heterocycles. The molecule has 0 radical (unpaired) electrons. The van der Waals surface area contributed by atoms with Crippen LogP contribution in [0.4, 0.5) is 5.69 Å². The number of aryl methyl sites for hydroxylation is 1. The lowest BCUT2D eigenvalue weighted by Crippen LogP contribution is -2.14. The van der Waals surface area contributed by atoms with E-state index in [0.29, 0.717) is 10.7 Å². The molecule has 2 heterocycles. The number of nitrogens with zero attached hydrogens (tertiary/aromatic N) is 3. The molecule has 5 nitrogen and oxygen atoms in total. The maximum absolute atomic E-state index is 12.2. The average Bonchev–Trinajstić information content (AvgIpc) is 3.26. The van der Waals surface area contributed by atoms with E-state index in [4.69, 9.17) is 11.6 Å². The van der Waals surface area contributed by atoms with Crippen LogP contribution in [0.1, 0.15) is 25.1 Å². The highest BCUT2D eigenvalue weighted by Gasteiger charge is 2.16. The number of amides is 1. The molecule has 8 heteroatoms. The van der Waals surface area contributed by atoms with E-state index in [2.05, 4.69) is 45.4 Å². The number of anilines is 1. The topological polar surface area (TPSA) is 59.8 Å². The molecule has 0 aliphatic carbocycles. The van der Waals surface area contributed by atoms with Crippen molar-refractivity contribution in [3.63, 3.8) is 0 Å². The van der Waals surface area contributed by atoms with Gasteiger partial charge in [-0.15, -0.1) is 21.5 Å². The van der Waals surface area contributed by atoms with Gasteiger partial charge in [0.2, 0.25) is 5.91 Å². The number of thioether (sulfide) groups is 1. The minimum atomic E-state index is -0.102. The zero-order valence-electron chi connectivity index (χ0n) is 15.2. The monoisotopic (exact) mass is 420 g/mol. The Balaban J connectivity index is 1.66. The average molecular weight is 421 g/mol. The van der Waals surface area contributed by atoms with Crippen molar-refractivity contribution >= 4 is 46.3 Å². The lowest BCUT2D eigenvalue weighted by molar-refractivity contribution is -0.113. The van der Waals surface area contributed by atoms with E-state index in [9.17, 15) is 4.79 Å². The van der Waals surface area contributed by atoms with Crippen molar-refractivity contribution in [3.8, 4) is 11.4 Å². The molecule has 142 valence electrons. The molecule has 0 aliphatic heterocycles. The van der Waals surface area contributed by atoms with Crippen molar-refractivity contribution in [2.45, 2.75) is 38.4 Å². The van der Waals surface area contributed by atoms with E-state index in [0.717, 1.165) is 35.9 Å². The molecule has 3 rings (SSSR count). The molecule has 0 saturated carbocycles. The van der Waals surface area contributed by atoms with Gasteiger partial charge >= 0.3 is 0 Å². The van der Waals surface area contributed by atoms with Gasteiger partial charge in [0.15, 0.2) is 11.0 Å². The number of halogens is 1. The number of rotatable bonds is 8. The Morgan fingerprint density at radius 3 is 2.89 bits per heavy atom. The van der Waals surface area contributed by atoms with Gasteiger partial charge in [0.05, 0.1) is 5.75 Å². The van der Waals surface area contributed by atoms with Crippen LogP contribution in [0.25, 0.3) is 11.4 Å². The SMILES string of the molecule is CCCc1cc(-c2nnc(SCC(=O)Nc3cccc(Cl)c3)n2CC)cs1. The first-order valence-electron chi connectivity index (χ1n) is 8.80. The van der Waals surface area contributed by atoms with E-state index >= 15 is 0 Å². The van der Waals surface area contributed by atoms with Crippen LogP contribution in [-0.2, 0) is 17.8 Å². The number of hydrogen-bond acceptors (Lipinski definition) is 5. The number of aromatic nitrogens is 3. The molecule has 0 atom stereocenters. The van der Waals surface area contributed by atoms with E-state index < -0.39 is 0 Å². The van der Waals surface area contributed by atoms with Crippen LogP contribution in [0, 0.1) is 0 Å². The first-order chi connectivity index (χ1) is 13.1. The number of hydrogen-bond donors (Lipinski definition) is 1. The summed E-state index contributed by atoms with van der Waals surface area (Å²) in [4.78, 5) is 13.6. The molecule has 1 aromatic carbocycles. The number of carbonyl (C=O) groups is 1. The fraction of sp³-hybridized carbons (Fsp3) is 0.316. The number of carbonyl (C=O) groups excluding carboxylic acids is 1. The van der Waals surface area contributed by atoms with Gasteiger partial charge < -0.3 is 9.88 Å². The van der Waals surface area contributed by atoms with Gasteiger partial charge in [0.1, 0.15) is 0 Å². The van der Waals surface area contributed by atoms with Gasteiger partial charge in [-0.05, 0) is 37.6 Å². The Kier molecular flexibility index (Phi) is 6.93. The largest absolute Gasteiger partial charge is 0.325 e. The summed E-state index contributed by atoms with van der Waals surface area (Å²) in [7, 11) is 0. The Labute approximate surface area is 172 Å². The standard InChI is InChI=1S/C19H21ClN4OS2/c1-3-6-16-9-13(11-26-16)18-22-23-19(24(18)4-2)27-12-17(25)21-15-8-5-7-14(20)10-15/h5,7-11H,3-4,6,12H2,1-2H3,(H,21,25). The van der Waals surface area contributed by atoms with Gasteiger partial charge in [-0.2, -0.15) is 0 Å². The van der Waals surface area contributed by atoms with Crippen molar-refractivity contribution in [1.82, 2.24) is 14.8 Å². The van der Waals surface area contributed by atoms with E-state index in [-0.39, 0.29) is 11.7 Å². The van der Waals surface area contributed by atoms with Crippen LogP contribution in [0.3, 0.4) is 0 Å². The molecule has 0 aliphatic rings. The summed E-state index contributed by atoms with van der Waals surface area (Å²) in [5.74, 6) is 1.01. The summed E-state index contributed by atoms with van der Waals surface area (Å²) in [6.07, 6.45) is 2.21. The zero-order chi connectivity index (χ0) is 19.2. The molecule has 0 fully saturated rings. The summed E-state index contributed by atoms with van der Waals surface area (Å²) in [5.41, 5.74) is 1.78. The molecular weight excluding hydrogens is 400 g/mol. The Bertz CT molecular complexity index is 922. The van der Waals surface area contributed by atoms with E-state index in [1.165, 1.54) is 16.6 Å². The Morgan fingerprint density at radius 2 is 2.15 bits per heavy atom. The molecule has 0 unspecified atom stereocenters. The third-order valence-corrected chi connectivity index (χ3v) is 6.08. The summed E-state index contributed by atoms with van der Waals surface area (Å²) < 4.78 is 2.05. The van der Waals surface area contributed by atoms with Crippen molar-refractivity contribution in [3.05, 3.63) is 45.6 Å². The third kappa shape index (κ3) is 5.12. The summed E-state index contributed by atoms with van der Waals surface area (Å²) in [5, 5.41) is 15.0. The van der Waals surface area contributed by atoms with Crippen LogP contribution in [0.5, 0.6) is 0 Å². The second-order valence-corrected chi connectivity index (χ2v) is 8.32. The van der Waals surface area contributed by atoms with Gasteiger partial charge in [0.25, 0.3) is 0 Å². The summed E-state index contributed by atoms with van der Waals surface area (Å²) in [6, 6.07) is 9.30. The maximum Gasteiger partial charge on any atom is 0.234 e. The van der Waals surface area contributed by atoms with Gasteiger partial charge in [-0.3, -0.25) is 4.79 Å². The van der Waals surface area contributed by atoms with Crippen molar-refractivity contribution in [1.29, 1.82) is 0 Å². The first-order valence-corrected chi connectivity index (χ1v) is 11.0. The molecule has 0 bridgehead atoms. The lowest BCUT2D eigenvalue weighted by Gasteiger charge is -2.07. The molecule has 27 heavy (non-hydrogen) atoms. The number of benzene rings is 1. The van der Waals surface area contributed by atoms with Crippen LogP contribution < -0.4 is 5.32 Å². The quantitative estimate of drug-likeness (QED) is 0.498. The van der Waals surface area contributed by atoms with Crippen LogP contribution >= 0.6 is 34.7 Å². The van der Waals surface area contributed by atoms with Gasteiger partial charge in [0, 0.05) is 33.1 Å². The van der Waals surface area contributed by atoms with Gasteiger partial charge in [-0.25, -0.2) is 0 Å². The molecular formula is C19H21ClN4OS2. The number of nitrogens with one attached hydrogen (secondary N) is 1. The minimum absolute atomic E-state index is 0.102. The van der Waals surface area contributed by atoms with Crippen LogP contribution in [0.15, 0.2) is 40.9 Å². The lowest BCUT2D eigenvalue weighted by atomic mass is 10.2. The fourth-order valence-corrected chi connectivity index (χ4v) is 4.62. The summed E-state index contributed by atoms with van der Waals surface area (Å²) >= 11 is 9.08. The highest BCUT2D eigenvalue weighted by Crippen LogP contribution is 2.28. The Hall–Kier alpha value is -1.83. The Morgan fingerprint density at radius 1 is 1.30 bits per heavy atom. The fourth-order valence-electron chi connectivity index (χ4n) is 2.66. The normalized spacial score (nSPS) is 10.9. The van der Waals surface area contributed by atoms with Crippen molar-refractivity contribution < 1.29 is 4.79 Å². The van der Waals surface area contributed by atoms with Crippen LogP contribution in [-0.4, -0.2) is 26.4 Å². The second kappa shape index (κ2) is 9.39. The van der Waals surface area contributed by atoms with Gasteiger partial charge in [-0.1, -0.05) is 42.8 Å². The zero-order valence-corrected chi connectivity index (χ0v) is 17.6. The summed E-state index contributed by atoms with van der Waals surface area (Å²) in [6.45, 7) is 4.99. The molecule has 3 aromatic rings. The third-order valence-electron chi connectivity index (χ3n) is 3.88. The molecule has 0 spiro atoms. The molecule has 1 amide bonds. The van der Waals surface area contributed by atoms with E-state index in [1.807, 2.05) is 6.07 Å². The smallest absolute Gasteiger partial charge is 0.234 e. The highest BCUT2D eigenvalue weighted by molar-refractivity contribution is 7.99. The van der Waals surface area contributed by atoms with Crippen LogP contribution in [0.2, 0.25) is 5.02 Å². The predicted molar refractivity (Wildman–Crippen MR) is 114 cm³/mol. The highest BCUT2D eigenvalue weighted by atomic mass is 35.5. The maximum atomic E-state index is 12.2. The first kappa shape index (κ1) is 19.9. The number of thiophene rings is 1. The minimum Gasteiger partial charge on any atom is -0.325 e. The molecule has 2 aromatic heterocycles. The van der Waals surface area contributed by atoms with E-state index in [1.54, 1.807) is 29.5 Å². The second-order valence-electron chi connectivity index (χ2n) is 5.95. The van der Waals surface area contributed by atoms with Crippen molar-refractivity contribution in [2.75, 3.05) is 11.1 Å². The molecule has 1 N–H and O–H groups in total.